The van der Waals surface area contributed by atoms with Crippen molar-refractivity contribution >= 4 is 0 Å². The lowest BCUT2D eigenvalue weighted by Gasteiger charge is -2.15. The molecule has 16 heavy (non-hydrogen) atoms. The van der Waals surface area contributed by atoms with Crippen LogP contribution in [0.1, 0.15) is 48.5 Å². The highest BCUT2D eigenvalue weighted by atomic mass is 14.9. The number of nitrogens with one attached hydrogen (secondary N) is 1. The van der Waals surface area contributed by atoms with E-state index in [0.29, 0.717) is 5.92 Å². The first-order valence-electron chi connectivity index (χ1n) is 6.27. The molecular formula is C13H21N3. The molecule has 3 nitrogen and oxygen atoms in total. The maximum atomic E-state index is 4.63. The molecule has 1 aliphatic rings. The SMILES string of the molecule is CCCc1nc(C)c(C2CCNC2)c(C)n1. The Balaban J connectivity index is 2.31. The third-order valence-electron chi connectivity index (χ3n) is 3.32. The number of nitrogens with zero attached hydrogens (tertiary/aromatic N) is 2. The van der Waals surface area contributed by atoms with Crippen LogP contribution < -0.4 is 5.32 Å². The lowest BCUT2D eigenvalue weighted by molar-refractivity contribution is 0.716. The van der Waals surface area contributed by atoms with Gasteiger partial charge in [0.25, 0.3) is 0 Å². The van der Waals surface area contributed by atoms with Crippen molar-refractivity contribution in [1.29, 1.82) is 0 Å². The highest BCUT2D eigenvalue weighted by Gasteiger charge is 2.21. The van der Waals surface area contributed by atoms with E-state index in [4.69, 9.17) is 0 Å². The van der Waals surface area contributed by atoms with Crippen molar-refractivity contribution in [2.75, 3.05) is 13.1 Å². The Morgan fingerprint density at radius 1 is 1.25 bits per heavy atom. The van der Waals surface area contributed by atoms with E-state index in [9.17, 15) is 0 Å². The summed E-state index contributed by atoms with van der Waals surface area (Å²) in [4.78, 5) is 9.26. The Bertz CT molecular complexity index is 344. The lowest BCUT2D eigenvalue weighted by Crippen LogP contribution is -2.12. The molecule has 1 N–H and O–H groups in total. The second kappa shape index (κ2) is 4.91. The normalized spacial score (nSPS) is 20.3. The zero-order valence-corrected chi connectivity index (χ0v) is 10.5. The van der Waals surface area contributed by atoms with Crippen molar-refractivity contribution in [3.63, 3.8) is 0 Å². The summed E-state index contributed by atoms with van der Waals surface area (Å²) in [6, 6.07) is 0. The van der Waals surface area contributed by atoms with Gasteiger partial charge in [-0.1, -0.05) is 6.92 Å². The minimum atomic E-state index is 0.621. The Hall–Kier alpha value is -0.960. The van der Waals surface area contributed by atoms with Crippen LogP contribution in [0.5, 0.6) is 0 Å². The Kier molecular flexibility index (Phi) is 3.54. The lowest BCUT2D eigenvalue weighted by atomic mass is 9.95. The molecule has 1 aromatic rings. The van der Waals surface area contributed by atoms with Crippen LogP contribution in [0.3, 0.4) is 0 Å². The van der Waals surface area contributed by atoms with E-state index < -0.39 is 0 Å². The molecular weight excluding hydrogens is 198 g/mol. The fourth-order valence-electron chi connectivity index (χ4n) is 2.62. The van der Waals surface area contributed by atoms with Gasteiger partial charge in [-0.2, -0.15) is 0 Å². The molecule has 1 unspecified atom stereocenters. The first-order valence-corrected chi connectivity index (χ1v) is 6.27. The van der Waals surface area contributed by atoms with Gasteiger partial charge in [0.2, 0.25) is 0 Å². The Labute approximate surface area is 97.7 Å². The number of hydrogen-bond acceptors (Lipinski definition) is 3. The van der Waals surface area contributed by atoms with Crippen LogP contribution in [0.4, 0.5) is 0 Å². The minimum Gasteiger partial charge on any atom is -0.316 e. The zero-order chi connectivity index (χ0) is 11.5. The molecule has 1 atom stereocenters. The molecule has 88 valence electrons. The van der Waals surface area contributed by atoms with Crippen molar-refractivity contribution in [2.45, 2.75) is 46.0 Å². The molecule has 3 heteroatoms. The highest BCUT2D eigenvalue weighted by molar-refractivity contribution is 5.29. The molecule has 0 amide bonds. The number of aromatic nitrogens is 2. The summed E-state index contributed by atoms with van der Waals surface area (Å²) < 4.78 is 0. The van der Waals surface area contributed by atoms with E-state index in [-0.39, 0.29) is 0 Å². The maximum absolute atomic E-state index is 4.63. The average molecular weight is 219 g/mol. The summed E-state index contributed by atoms with van der Waals surface area (Å²) in [6.45, 7) is 8.63. The van der Waals surface area contributed by atoms with Crippen molar-refractivity contribution in [3.05, 3.63) is 22.8 Å². The summed E-state index contributed by atoms with van der Waals surface area (Å²) in [7, 11) is 0. The number of rotatable bonds is 3. The van der Waals surface area contributed by atoms with Gasteiger partial charge in [-0.3, -0.25) is 0 Å². The van der Waals surface area contributed by atoms with E-state index in [2.05, 4.69) is 36.1 Å². The van der Waals surface area contributed by atoms with Crippen LogP contribution in [0.15, 0.2) is 0 Å². The largest absolute Gasteiger partial charge is 0.316 e. The smallest absolute Gasteiger partial charge is 0.128 e. The molecule has 1 aliphatic heterocycles. The molecule has 0 bridgehead atoms. The van der Waals surface area contributed by atoms with E-state index in [0.717, 1.165) is 31.8 Å². The van der Waals surface area contributed by atoms with Gasteiger partial charge in [-0.25, -0.2) is 9.97 Å². The molecule has 0 aliphatic carbocycles. The molecule has 1 fully saturated rings. The van der Waals surface area contributed by atoms with Crippen LogP contribution in [0, 0.1) is 13.8 Å². The molecule has 1 aromatic heterocycles. The van der Waals surface area contributed by atoms with Crippen molar-refractivity contribution in [3.8, 4) is 0 Å². The van der Waals surface area contributed by atoms with E-state index >= 15 is 0 Å². The molecule has 2 rings (SSSR count). The third-order valence-corrected chi connectivity index (χ3v) is 3.32. The van der Waals surface area contributed by atoms with Crippen LogP contribution in [0.2, 0.25) is 0 Å². The van der Waals surface area contributed by atoms with E-state index in [1.807, 2.05) is 0 Å². The monoisotopic (exact) mass is 219 g/mol. The Morgan fingerprint density at radius 3 is 2.44 bits per heavy atom. The van der Waals surface area contributed by atoms with Gasteiger partial charge in [-0.05, 0) is 38.8 Å². The van der Waals surface area contributed by atoms with Crippen molar-refractivity contribution in [2.24, 2.45) is 0 Å². The summed E-state index contributed by atoms with van der Waals surface area (Å²) >= 11 is 0. The predicted octanol–water partition coefficient (Wildman–Crippen LogP) is 2.12. The number of hydrogen-bond donors (Lipinski definition) is 1. The quantitative estimate of drug-likeness (QED) is 0.846. The molecule has 0 saturated carbocycles. The maximum Gasteiger partial charge on any atom is 0.128 e. The molecule has 0 spiro atoms. The van der Waals surface area contributed by atoms with Gasteiger partial charge < -0.3 is 5.32 Å². The fraction of sp³-hybridized carbons (Fsp3) is 0.692. The minimum absolute atomic E-state index is 0.621. The van der Waals surface area contributed by atoms with Gasteiger partial charge in [0.15, 0.2) is 0 Å². The first-order chi connectivity index (χ1) is 7.72. The van der Waals surface area contributed by atoms with E-state index in [1.165, 1.54) is 23.4 Å². The fourth-order valence-corrected chi connectivity index (χ4v) is 2.62. The predicted molar refractivity (Wildman–Crippen MR) is 65.7 cm³/mol. The van der Waals surface area contributed by atoms with Crippen LogP contribution in [0.25, 0.3) is 0 Å². The summed E-state index contributed by atoms with van der Waals surface area (Å²) in [5.41, 5.74) is 3.75. The zero-order valence-electron chi connectivity index (χ0n) is 10.5. The van der Waals surface area contributed by atoms with Gasteiger partial charge >= 0.3 is 0 Å². The molecule has 0 aromatic carbocycles. The molecule has 0 radical (unpaired) electrons. The Morgan fingerprint density at radius 2 is 1.94 bits per heavy atom. The van der Waals surface area contributed by atoms with Crippen LogP contribution >= 0.6 is 0 Å². The summed E-state index contributed by atoms with van der Waals surface area (Å²) in [6.07, 6.45) is 3.33. The van der Waals surface area contributed by atoms with E-state index in [1.54, 1.807) is 0 Å². The van der Waals surface area contributed by atoms with Gasteiger partial charge in [0, 0.05) is 30.3 Å². The first kappa shape index (κ1) is 11.5. The second-order valence-corrected chi connectivity index (χ2v) is 4.66. The molecule has 1 saturated heterocycles. The van der Waals surface area contributed by atoms with Gasteiger partial charge in [0.1, 0.15) is 5.82 Å². The van der Waals surface area contributed by atoms with Crippen molar-refractivity contribution < 1.29 is 0 Å². The number of aryl methyl sites for hydroxylation is 3. The third kappa shape index (κ3) is 2.24. The highest BCUT2D eigenvalue weighted by Crippen LogP contribution is 2.26. The topological polar surface area (TPSA) is 37.8 Å². The van der Waals surface area contributed by atoms with Crippen LogP contribution in [-0.4, -0.2) is 23.1 Å². The average Bonchev–Trinajstić information content (AvgIpc) is 2.70. The summed E-state index contributed by atoms with van der Waals surface area (Å²) in [5, 5.41) is 3.41. The van der Waals surface area contributed by atoms with Gasteiger partial charge in [-0.15, -0.1) is 0 Å². The molecule has 2 heterocycles. The van der Waals surface area contributed by atoms with Crippen molar-refractivity contribution in [1.82, 2.24) is 15.3 Å². The summed E-state index contributed by atoms with van der Waals surface area (Å²) in [5.74, 6) is 1.63. The van der Waals surface area contributed by atoms with Crippen LogP contribution in [-0.2, 0) is 6.42 Å². The second-order valence-electron chi connectivity index (χ2n) is 4.66. The standard InChI is InChI=1S/C13H21N3/c1-4-5-12-15-9(2)13(10(3)16-12)11-6-7-14-8-11/h11,14H,4-8H2,1-3H3. The van der Waals surface area contributed by atoms with Gasteiger partial charge in [0.05, 0.1) is 0 Å².